The van der Waals surface area contributed by atoms with Gasteiger partial charge in [0.2, 0.25) is 0 Å². The Morgan fingerprint density at radius 1 is 1.33 bits per heavy atom. The Morgan fingerprint density at radius 2 is 2.00 bits per heavy atom. The Bertz CT molecular complexity index is 433. The monoisotopic (exact) mass is 208 g/mol. The van der Waals surface area contributed by atoms with Crippen LogP contribution in [0.15, 0.2) is 16.9 Å². The average Bonchev–Trinajstić information content (AvgIpc) is 2.67. The van der Waals surface area contributed by atoms with Crippen LogP contribution in [0.5, 0.6) is 5.88 Å². The predicted octanol–water partition coefficient (Wildman–Crippen LogP) is 0.316. The largest absolute Gasteiger partial charge is 0.494 e. The molecule has 0 saturated carbocycles. The van der Waals surface area contributed by atoms with Crippen LogP contribution in [0, 0.1) is 0 Å². The number of pyridine rings is 1. The van der Waals surface area contributed by atoms with E-state index in [0.717, 1.165) is 25.9 Å². The Kier molecular flexibility index (Phi) is 2.45. The molecule has 15 heavy (non-hydrogen) atoms. The highest BCUT2D eigenvalue weighted by Gasteiger charge is 2.20. The normalized spacial score (nSPS) is 15.6. The van der Waals surface area contributed by atoms with Crippen molar-refractivity contribution < 1.29 is 9.90 Å². The smallest absolute Gasteiger partial charge is 0.254 e. The molecule has 0 aliphatic carbocycles. The lowest BCUT2D eigenvalue weighted by Crippen LogP contribution is -2.28. The molecule has 1 aromatic heterocycles. The van der Waals surface area contributed by atoms with Gasteiger partial charge in [0, 0.05) is 25.2 Å². The van der Waals surface area contributed by atoms with E-state index < -0.39 is 5.56 Å². The number of aromatic nitrogens is 1. The van der Waals surface area contributed by atoms with Crippen molar-refractivity contribution in [1.29, 1.82) is 0 Å². The van der Waals surface area contributed by atoms with E-state index >= 15 is 0 Å². The Labute approximate surface area is 86.3 Å². The minimum Gasteiger partial charge on any atom is -0.494 e. The molecule has 5 heteroatoms. The summed E-state index contributed by atoms with van der Waals surface area (Å²) in [6.07, 6.45) is 2.00. The lowest BCUT2D eigenvalue weighted by Gasteiger charge is -2.14. The molecule has 1 amide bonds. The van der Waals surface area contributed by atoms with Crippen molar-refractivity contribution in [2.75, 3.05) is 13.1 Å². The molecule has 1 aromatic rings. The summed E-state index contributed by atoms with van der Waals surface area (Å²) in [6, 6.07) is 2.49. The second kappa shape index (κ2) is 3.76. The predicted molar refractivity (Wildman–Crippen MR) is 53.9 cm³/mol. The molecule has 0 unspecified atom stereocenters. The van der Waals surface area contributed by atoms with E-state index in [1.165, 1.54) is 12.1 Å². The number of nitrogens with one attached hydrogen (secondary N) is 1. The molecular weight excluding hydrogens is 196 g/mol. The number of aromatic amines is 1. The van der Waals surface area contributed by atoms with E-state index in [9.17, 15) is 9.59 Å². The topological polar surface area (TPSA) is 73.4 Å². The van der Waals surface area contributed by atoms with E-state index in [1.54, 1.807) is 4.90 Å². The fourth-order valence-electron chi connectivity index (χ4n) is 1.75. The van der Waals surface area contributed by atoms with E-state index in [2.05, 4.69) is 4.98 Å². The van der Waals surface area contributed by atoms with E-state index in [0.29, 0.717) is 0 Å². The van der Waals surface area contributed by atoms with Gasteiger partial charge in [0.25, 0.3) is 11.5 Å². The van der Waals surface area contributed by atoms with Crippen molar-refractivity contribution in [2.24, 2.45) is 0 Å². The highest BCUT2D eigenvalue weighted by Crippen LogP contribution is 2.13. The number of H-pyrrole nitrogens is 1. The van der Waals surface area contributed by atoms with Crippen LogP contribution in [0.25, 0.3) is 0 Å². The zero-order valence-electron chi connectivity index (χ0n) is 8.19. The molecule has 0 bridgehead atoms. The zero-order valence-corrected chi connectivity index (χ0v) is 8.19. The number of aromatic hydroxyl groups is 1. The molecule has 80 valence electrons. The highest BCUT2D eigenvalue weighted by molar-refractivity contribution is 5.94. The standard InChI is InChI=1S/C10H12N2O3/c13-8-5-7(6-9(14)11-8)10(15)12-3-1-2-4-12/h5-6H,1-4H2,(H2,11,13,14). The summed E-state index contributed by atoms with van der Waals surface area (Å²) in [6.45, 7) is 1.46. The Balaban J connectivity index is 2.28. The molecule has 0 aromatic carbocycles. The molecule has 0 spiro atoms. The minimum absolute atomic E-state index is 0.186. The van der Waals surface area contributed by atoms with Crippen molar-refractivity contribution in [3.05, 3.63) is 28.0 Å². The van der Waals surface area contributed by atoms with Crippen LogP contribution < -0.4 is 5.56 Å². The number of carbonyl (C=O) groups is 1. The van der Waals surface area contributed by atoms with Crippen LogP contribution in [0.2, 0.25) is 0 Å². The number of hydrogen-bond acceptors (Lipinski definition) is 3. The third-order valence-corrected chi connectivity index (χ3v) is 2.47. The number of carbonyl (C=O) groups excluding carboxylic acids is 1. The van der Waals surface area contributed by atoms with Crippen LogP contribution in [0.3, 0.4) is 0 Å². The molecule has 2 heterocycles. The van der Waals surface area contributed by atoms with Crippen molar-refractivity contribution in [1.82, 2.24) is 9.88 Å². The lowest BCUT2D eigenvalue weighted by molar-refractivity contribution is 0.0792. The molecule has 0 atom stereocenters. The third-order valence-electron chi connectivity index (χ3n) is 2.47. The quantitative estimate of drug-likeness (QED) is 0.697. The van der Waals surface area contributed by atoms with Crippen molar-refractivity contribution in [3.63, 3.8) is 0 Å². The minimum atomic E-state index is -0.461. The van der Waals surface area contributed by atoms with Crippen LogP contribution in [0.4, 0.5) is 0 Å². The first-order valence-electron chi connectivity index (χ1n) is 4.89. The number of rotatable bonds is 1. The summed E-state index contributed by atoms with van der Waals surface area (Å²) in [5.74, 6) is -0.459. The Morgan fingerprint density at radius 3 is 2.60 bits per heavy atom. The first-order valence-corrected chi connectivity index (χ1v) is 4.89. The molecule has 0 radical (unpaired) electrons. The summed E-state index contributed by atoms with van der Waals surface area (Å²) in [4.78, 5) is 26.7. The summed E-state index contributed by atoms with van der Waals surface area (Å²) in [5, 5.41) is 9.16. The number of amides is 1. The second-order valence-corrected chi connectivity index (χ2v) is 3.62. The first-order chi connectivity index (χ1) is 7.16. The van der Waals surface area contributed by atoms with E-state index in [4.69, 9.17) is 5.11 Å². The van der Waals surface area contributed by atoms with Crippen LogP contribution >= 0.6 is 0 Å². The summed E-state index contributed by atoms with van der Waals surface area (Å²) in [7, 11) is 0. The average molecular weight is 208 g/mol. The molecule has 2 N–H and O–H groups in total. The fourth-order valence-corrected chi connectivity index (χ4v) is 1.75. The lowest BCUT2D eigenvalue weighted by atomic mass is 10.2. The number of likely N-dealkylation sites (tertiary alicyclic amines) is 1. The number of nitrogens with zero attached hydrogens (tertiary/aromatic N) is 1. The molecule has 1 fully saturated rings. The third kappa shape index (κ3) is 2.01. The molecule has 1 aliphatic heterocycles. The molecule has 1 saturated heterocycles. The zero-order chi connectivity index (χ0) is 10.8. The highest BCUT2D eigenvalue weighted by atomic mass is 16.3. The van der Waals surface area contributed by atoms with Crippen molar-refractivity contribution in [3.8, 4) is 5.88 Å². The molecule has 5 nitrogen and oxygen atoms in total. The van der Waals surface area contributed by atoms with Gasteiger partial charge in [-0.05, 0) is 12.8 Å². The van der Waals surface area contributed by atoms with Crippen LogP contribution in [-0.2, 0) is 0 Å². The van der Waals surface area contributed by atoms with Gasteiger partial charge in [0.05, 0.1) is 5.56 Å². The van der Waals surface area contributed by atoms with Gasteiger partial charge < -0.3 is 10.0 Å². The first kappa shape index (κ1) is 9.76. The van der Waals surface area contributed by atoms with Gasteiger partial charge in [-0.1, -0.05) is 0 Å². The second-order valence-electron chi connectivity index (χ2n) is 3.62. The van der Waals surface area contributed by atoms with Crippen molar-refractivity contribution in [2.45, 2.75) is 12.8 Å². The van der Waals surface area contributed by atoms with Crippen molar-refractivity contribution >= 4 is 5.91 Å². The van der Waals surface area contributed by atoms with Gasteiger partial charge in [-0.3, -0.25) is 14.6 Å². The summed E-state index contributed by atoms with van der Waals surface area (Å²) >= 11 is 0. The SMILES string of the molecule is O=C(c1cc(O)[nH]c(=O)c1)N1CCCC1. The van der Waals surface area contributed by atoms with Crippen LogP contribution in [-0.4, -0.2) is 34.0 Å². The Hall–Kier alpha value is -1.78. The van der Waals surface area contributed by atoms with Gasteiger partial charge in [-0.15, -0.1) is 0 Å². The maximum absolute atomic E-state index is 11.8. The number of hydrogen-bond donors (Lipinski definition) is 2. The van der Waals surface area contributed by atoms with Gasteiger partial charge in [-0.2, -0.15) is 0 Å². The fraction of sp³-hybridized carbons (Fsp3) is 0.400. The van der Waals surface area contributed by atoms with Crippen LogP contribution in [0.1, 0.15) is 23.2 Å². The van der Waals surface area contributed by atoms with Gasteiger partial charge in [0.15, 0.2) is 5.88 Å². The van der Waals surface area contributed by atoms with E-state index in [-0.39, 0.29) is 17.4 Å². The maximum Gasteiger partial charge on any atom is 0.254 e. The molecule has 1 aliphatic rings. The summed E-state index contributed by atoms with van der Waals surface area (Å²) < 4.78 is 0. The van der Waals surface area contributed by atoms with Gasteiger partial charge in [-0.25, -0.2) is 0 Å². The maximum atomic E-state index is 11.8. The summed E-state index contributed by atoms with van der Waals surface area (Å²) in [5.41, 5.74) is -0.212. The van der Waals surface area contributed by atoms with E-state index in [1.807, 2.05) is 0 Å². The van der Waals surface area contributed by atoms with Gasteiger partial charge >= 0.3 is 0 Å². The van der Waals surface area contributed by atoms with Gasteiger partial charge in [0.1, 0.15) is 0 Å². The molecular formula is C10H12N2O3. The molecule has 2 rings (SSSR count).